The second-order valence-corrected chi connectivity index (χ2v) is 6.70. The van der Waals surface area contributed by atoms with Crippen LogP contribution in [0.25, 0.3) is 0 Å². The number of carbonyl (C=O) groups excluding carboxylic acids is 1. The van der Waals surface area contributed by atoms with Crippen LogP contribution < -0.4 is 0 Å². The van der Waals surface area contributed by atoms with Crippen molar-refractivity contribution < 1.29 is 9.53 Å². The van der Waals surface area contributed by atoms with Crippen molar-refractivity contribution in [1.29, 1.82) is 0 Å². The Morgan fingerprint density at radius 2 is 2.46 bits per heavy atom. The van der Waals surface area contributed by atoms with Crippen LogP contribution in [0.2, 0.25) is 0 Å². The van der Waals surface area contributed by atoms with Gasteiger partial charge in [-0.3, -0.25) is 4.79 Å². The third-order valence-corrected chi connectivity index (χ3v) is 4.13. The quantitative estimate of drug-likeness (QED) is 0.599. The highest BCUT2D eigenvalue weighted by Gasteiger charge is 2.05. The van der Waals surface area contributed by atoms with E-state index in [-0.39, 0.29) is 5.97 Å². The van der Waals surface area contributed by atoms with E-state index in [1.807, 2.05) is 0 Å². The molecule has 0 aliphatic rings. The molecule has 1 heterocycles. The predicted molar refractivity (Wildman–Crippen MR) is 65.1 cm³/mol. The van der Waals surface area contributed by atoms with Crippen molar-refractivity contribution >= 4 is 55.8 Å². The average Bonchev–Trinajstić information content (AvgIpc) is 2.29. The molecule has 1 aromatic heterocycles. The summed E-state index contributed by atoms with van der Waals surface area (Å²) in [6.07, 6.45) is 0.777. The van der Waals surface area contributed by atoms with Gasteiger partial charge in [-0.2, -0.15) is 0 Å². The molecule has 13 heavy (non-hydrogen) atoms. The number of esters is 1. The van der Waals surface area contributed by atoms with Gasteiger partial charge < -0.3 is 4.74 Å². The summed E-state index contributed by atoms with van der Waals surface area (Å²) in [5.41, 5.74) is 1.20. The molecule has 0 saturated carbocycles. The van der Waals surface area contributed by atoms with E-state index in [2.05, 4.69) is 44.6 Å². The van der Waals surface area contributed by atoms with Crippen molar-refractivity contribution in [2.24, 2.45) is 0 Å². The second kappa shape index (κ2) is 5.31. The molecule has 0 amide bonds. The van der Waals surface area contributed by atoms with Gasteiger partial charge in [0.2, 0.25) is 0 Å². The summed E-state index contributed by atoms with van der Waals surface area (Å²) in [6, 6.07) is 2.10. The maximum atomic E-state index is 10.5. The molecular weight excluding hydrogens is 367 g/mol. The first kappa shape index (κ1) is 11.5. The summed E-state index contributed by atoms with van der Waals surface area (Å²) in [6.45, 7) is 1.88. The lowest BCUT2D eigenvalue weighted by Crippen LogP contribution is -2.02. The van der Waals surface area contributed by atoms with E-state index in [0.29, 0.717) is 6.61 Å². The molecule has 0 aliphatic carbocycles. The van der Waals surface area contributed by atoms with Crippen LogP contribution in [0.1, 0.15) is 12.5 Å². The smallest absolute Gasteiger partial charge is 0.302 e. The molecule has 0 N–H and O–H groups in total. The Morgan fingerprint density at radius 3 is 2.92 bits per heavy atom. The summed E-state index contributed by atoms with van der Waals surface area (Å²) < 4.78 is 7.22. The highest BCUT2D eigenvalue weighted by Crippen LogP contribution is 2.29. The molecule has 5 heteroatoms. The van der Waals surface area contributed by atoms with Gasteiger partial charge in [0, 0.05) is 13.3 Å². The average molecular weight is 375 g/mol. The summed E-state index contributed by atoms with van der Waals surface area (Å²) in [7, 11) is 0. The first-order valence-electron chi connectivity index (χ1n) is 3.66. The van der Waals surface area contributed by atoms with Crippen LogP contribution in [0.3, 0.4) is 0 Å². The second-order valence-electron chi connectivity index (χ2n) is 2.44. The van der Waals surface area contributed by atoms with Crippen LogP contribution in [-0.2, 0) is 16.0 Å². The van der Waals surface area contributed by atoms with Crippen LogP contribution in [0, 0.1) is 2.88 Å². The standard InChI is InChI=1S/C8H8BrIO2S/c1-5(11)12-3-2-6-4-7(10)13-8(6)9/h4H,2-3H2,1H3. The first-order chi connectivity index (χ1) is 6.09. The highest BCUT2D eigenvalue weighted by molar-refractivity contribution is 14.1. The molecule has 0 unspecified atom stereocenters. The normalized spacial score (nSPS) is 10.1. The Labute approximate surface area is 103 Å². The van der Waals surface area contributed by atoms with Gasteiger partial charge in [0.05, 0.1) is 13.3 Å². The number of rotatable bonds is 3. The molecule has 2 nitrogen and oxygen atoms in total. The van der Waals surface area contributed by atoms with E-state index in [1.165, 1.54) is 15.4 Å². The first-order valence-corrected chi connectivity index (χ1v) is 6.35. The Bertz CT molecular complexity index is 311. The number of hydrogen-bond donors (Lipinski definition) is 0. The number of halogens is 2. The molecule has 72 valence electrons. The minimum Gasteiger partial charge on any atom is -0.466 e. The van der Waals surface area contributed by atoms with Crippen LogP contribution in [0.4, 0.5) is 0 Å². The third kappa shape index (κ3) is 3.95. The van der Waals surface area contributed by atoms with Gasteiger partial charge in [-0.1, -0.05) is 0 Å². The molecule has 0 fully saturated rings. The van der Waals surface area contributed by atoms with Gasteiger partial charge in [0.1, 0.15) is 0 Å². The molecular formula is C8H8BrIO2S. The van der Waals surface area contributed by atoms with E-state index < -0.39 is 0 Å². The van der Waals surface area contributed by atoms with Gasteiger partial charge in [0.25, 0.3) is 0 Å². The van der Waals surface area contributed by atoms with Crippen LogP contribution in [0.15, 0.2) is 9.85 Å². The lowest BCUT2D eigenvalue weighted by molar-refractivity contribution is -0.140. The fraction of sp³-hybridized carbons (Fsp3) is 0.375. The predicted octanol–water partition coefficient (Wildman–Crippen LogP) is 3.22. The van der Waals surface area contributed by atoms with Gasteiger partial charge in [-0.15, -0.1) is 11.3 Å². The molecule has 0 spiro atoms. The highest BCUT2D eigenvalue weighted by atomic mass is 127. The van der Waals surface area contributed by atoms with E-state index in [1.54, 1.807) is 11.3 Å². The summed E-state index contributed by atoms with van der Waals surface area (Å²) in [5, 5.41) is 0. The van der Waals surface area contributed by atoms with Gasteiger partial charge in [-0.25, -0.2) is 0 Å². The monoisotopic (exact) mass is 374 g/mol. The Hall–Kier alpha value is 0.380. The van der Waals surface area contributed by atoms with E-state index in [9.17, 15) is 4.79 Å². The Balaban J connectivity index is 2.45. The molecule has 0 aliphatic heterocycles. The maximum Gasteiger partial charge on any atom is 0.302 e. The van der Waals surface area contributed by atoms with Crippen molar-refractivity contribution in [3.05, 3.63) is 18.3 Å². The summed E-state index contributed by atoms with van der Waals surface area (Å²) in [5.74, 6) is -0.221. The fourth-order valence-corrected chi connectivity index (χ4v) is 4.29. The minimum atomic E-state index is -0.221. The van der Waals surface area contributed by atoms with Gasteiger partial charge >= 0.3 is 5.97 Å². The van der Waals surface area contributed by atoms with Crippen LogP contribution in [-0.4, -0.2) is 12.6 Å². The third-order valence-electron chi connectivity index (χ3n) is 1.40. The van der Waals surface area contributed by atoms with E-state index in [4.69, 9.17) is 4.74 Å². The molecule has 0 bridgehead atoms. The lowest BCUT2D eigenvalue weighted by atomic mass is 10.3. The Kier molecular flexibility index (Phi) is 4.68. The maximum absolute atomic E-state index is 10.5. The molecule has 0 atom stereocenters. The zero-order valence-electron chi connectivity index (χ0n) is 6.97. The topological polar surface area (TPSA) is 26.3 Å². The van der Waals surface area contributed by atoms with Crippen molar-refractivity contribution in [3.63, 3.8) is 0 Å². The van der Waals surface area contributed by atoms with Crippen molar-refractivity contribution in [2.45, 2.75) is 13.3 Å². The number of carbonyl (C=O) groups is 1. The zero-order chi connectivity index (χ0) is 9.84. The summed E-state index contributed by atoms with van der Waals surface area (Å²) >= 11 is 7.42. The summed E-state index contributed by atoms with van der Waals surface area (Å²) in [4.78, 5) is 10.5. The van der Waals surface area contributed by atoms with Crippen molar-refractivity contribution in [2.75, 3.05) is 6.61 Å². The van der Waals surface area contributed by atoms with E-state index >= 15 is 0 Å². The van der Waals surface area contributed by atoms with Crippen molar-refractivity contribution in [1.82, 2.24) is 0 Å². The van der Waals surface area contributed by atoms with Gasteiger partial charge in [0.15, 0.2) is 0 Å². The number of ether oxygens (including phenoxy) is 1. The SMILES string of the molecule is CC(=O)OCCc1cc(I)sc1Br. The molecule has 0 radical (unpaired) electrons. The van der Waals surface area contributed by atoms with Gasteiger partial charge in [-0.05, 0) is 50.2 Å². The minimum absolute atomic E-state index is 0.221. The fourth-order valence-electron chi connectivity index (χ4n) is 0.849. The van der Waals surface area contributed by atoms with Crippen molar-refractivity contribution in [3.8, 4) is 0 Å². The van der Waals surface area contributed by atoms with Crippen LogP contribution >= 0.6 is 49.9 Å². The van der Waals surface area contributed by atoms with E-state index in [0.717, 1.165) is 10.2 Å². The van der Waals surface area contributed by atoms with Crippen LogP contribution in [0.5, 0.6) is 0 Å². The number of thiophene rings is 1. The number of hydrogen-bond acceptors (Lipinski definition) is 3. The zero-order valence-corrected chi connectivity index (χ0v) is 11.5. The molecule has 1 aromatic rings. The molecule has 0 saturated heterocycles. The Morgan fingerprint density at radius 1 is 1.77 bits per heavy atom. The molecule has 1 rings (SSSR count). The largest absolute Gasteiger partial charge is 0.466 e. The lowest BCUT2D eigenvalue weighted by Gasteiger charge is -1.99. The molecule has 0 aromatic carbocycles.